The van der Waals surface area contributed by atoms with Crippen LogP contribution >= 0.6 is 0 Å². The summed E-state index contributed by atoms with van der Waals surface area (Å²) in [5.74, 6) is 0. The Kier molecular flexibility index (Phi) is 16.6. The second-order valence-electron chi connectivity index (χ2n) is 17.2. The minimum absolute atomic E-state index is 0.109. The van der Waals surface area contributed by atoms with Gasteiger partial charge in [-0.2, -0.15) is 0 Å². The van der Waals surface area contributed by atoms with Crippen LogP contribution in [-0.2, 0) is 20.4 Å². The summed E-state index contributed by atoms with van der Waals surface area (Å²) in [4.78, 5) is 0. The average molecular weight is 568 g/mol. The normalized spacial score (nSPS) is 16.8. The van der Waals surface area contributed by atoms with Crippen LogP contribution in [-0.4, -0.2) is 33.2 Å². The Morgan fingerprint density at radius 2 is 0.605 bits per heavy atom. The first kappa shape index (κ1) is 42.5. The fourth-order valence-electron chi connectivity index (χ4n) is 4.61. The van der Waals surface area contributed by atoms with Crippen molar-refractivity contribution in [3.8, 4) is 0 Å². The summed E-state index contributed by atoms with van der Waals surface area (Å²) in [6, 6.07) is 0. The van der Waals surface area contributed by atoms with Gasteiger partial charge in [-0.1, -0.05) is 125 Å². The molecule has 0 radical (unpaired) electrons. The van der Waals surface area contributed by atoms with Crippen LogP contribution in [0, 0.1) is 5.41 Å². The summed E-state index contributed by atoms with van der Waals surface area (Å²) in [6.45, 7) is 49.5. The standard InChI is InChI=1S/C10H15.3C8H18N.Ti/c1-7-6-10(4,5)9(3)8(7)2;3*1-7(2,3)9-8(4,5)6;/h1-5H3;3*1-6H3;/q;3*-1;+3. The number of hydrogen-bond donors (Lipinski definition) is 0. The molecule has 4 heteroatoms. The van der Waals surface area contributed by atoms with E-state index in [-0.39, 0.29) is 33.2 Å². The summed E-state index contributed by atoms with van der Waals surface area (Å²) < 4.78 is 1.53. The Balaban J connectivity index is -0.000000432. The van der Waals surface area contributed by atoms with Gasteiger partial charge in [0.1, 0.15) is 0 Å². The third-order valence-electron chi connectivity index (χ3n) is 5.07. The summed E-state index contributed by atoms with van der Waals surface area (Å²) in [5.41, 5.74) is 5.49. The topological polar surface area (TPSA) is 42.3 Å². The van der Waals surface area contributed by atoms with Gasteiger partial charge in [-0.05, 0) is 0 Å². The third-order valence-corrected chi connectivity index (χ3v) is 6.64. The molecule has 224 valence electrons. The van der Waals surface area contributed by atoms with Crippen LogP contribution in [0.15, 0.2) is 20.6 Å². The van der Waals surface area contributed by atoms with E-state index in [1.807, 2.05) is 0 Å². The first-order chi connectivity index (χ1) is 16.0. The van der Waals surface area contributed by atoms with E-state index in [0.717, 1.165) is 0 Å². The van der Waals surface area contributed by atoms with Gasteiger partial charge in [-0.3, -0.25) is 0 Å². The van der Waals surface area contributed by atoms with Crippen LogP contribution in [0.1, 0.15) is 159 Å². The van der Waals surface area contributed by atoms with Crippen molar-refractivity contribution < 1.29 is 20.4 Å². The van der Waals surface area contributed by atoms with Gasteiger partial charge >= 0.3 is 81.1 Å². The predicted molar refractivity (Wildman–Crippen MR) is 173 cm³/mol. The molecule has 1 rings (SSSR count). The van der Waals surface area contributed by atoms with Gasteiger partial charge in [0.05, 0.1) is 0 Å². The fourth-order valence-corrected chi connectivity index (χ4v) is 5.20. The molecule has 0 aromatic carbocycles. The van der Waals surface area contributed by atoms with Gasteiger partial charge in [-0.25, -0.2) is 0 Å². The van der Waals surface area contributed by atoms with E-state index in [4.69, 9.17) is 0 Å². The number of nitrogens with zero attached hydrogens (tertiary/aromatic N) is 3. The molecule has 1 aliphatic rings. The first-order valence-corrected chi connectivity index (χ1v) is 15.1. The minimum atomic E-state index is 0.109. The van der Waals surface area contributed by atoms with E-state index in [1.54, 1.807) is 0 Å². The van der Waals surface area contributed by atoms with Crippen LogP contribution in [0.3, 0.4) is 0 Å². The van der Waals surface area contributed by atoms with Crippen molar-refractivity contribution >= 4 is 0 Å². The molecule has 1 aliphatic carbocycles. The SMILES string of the molecule is CC(C)(C)[N-]C(C)(C)C.CC(C)(C)[N-]C(C)(C)C.CC(C)(C)[N-]C(C)(C)C.CC1=C(C)C(C)(C)[C]([Ti+3])=C1C. The quantitative estimate of drug-likeness (QED) is 0.261. The van der Waals surface area contributed by atoms with Gasteiger partial charge in [-0.15, -0.1) is 33.2 Å². The fraction of sp³-hybridized carbons (Fsp3) is 0.882. The van der Waals surface area contributed by atoms with Crippen LogP contribution in [0.5, 0.6) is 0 Å². The van der Waals surface area contributed by atoms with Crippen molar-refractivity contribution in [1.82, 2.24) is 0 Å². The molecule has 0 amide bonds. The molecule has 0 saturated carbocycles. The summed E-state index contributed by atoms with van der Waals surface area (Å²) in [5, 5.41) is 13.6. The predicted octanol–water partition coefficient (Wildman–Crippen LogP) is 12.1. The first-order valence-electron chi connectivity index (χ1n) is 14.3. The molecule has 0 aliphatic heterocycles. The molecule has 38 heavy (non-hydrogen) atoms. The van der Waals surface area contributed by atoms with Crippen molar-refractivity contribution in [3.05, 3.63) is 36.5 Å². The van der Waals surface area contributed by atoms with E-state index in [9.17, 15) is 0 Å². The van der Waals surface area contributed by atoms with Gasteiger partial charge < -0.3 is 16.0 Å². The summed E-state index contributed by atoms with van der Waals surface area (Å²) in [7, 11) is 0. The molecule has 0 N–H and O–H groups in total. The number of rotatable bonds is 0. The van der Waals surface area contributed by atoms with Crippen LogP contribution in [0.2, 0.25) is 0 Å². The number of hydrogen-bond acceptors (Lipinski definition) is 0. The molecule has 0 bridgehead atoms. The van der Waals surface area contributed by atoms with E-state index in [0.29, 0.717) is 5.41 Å². The molecule has 3 nitrogen and oxygen atoms in total. The maximum absolute atomic E-state index is 4.54. The monoisotopic (exact) mass is 567 g/mol. The molecule has 0 fully saturated rings. The molecule has 0 unspecified atom stereocenters. The Labute approximate surface area is 254 Å². The van der Waals surface area contributed by atoms with Crippen LogP contribution < -0.4 is 0 Å². The van der Waals surface area contributed by atoms with Gasteiger partial charge in [0, 0.05) is 0 Å². The summed E-state index contributed by atoms with van der Waals surface area (Å²) >= 11 is 2.25. The molecule has 0 spiro atoms. The zero-order valence-corrected chi connectivity index (χ0v) is 31.9. The third kappa shape index (κ3) is 25.1. The van der Waals surface area contributed by atoms with Crippen molar-refractivity contribution in [2.24, 2.45) is 5.41 Å². The molecular weight excluding hydrogens is 498 g/mol. The molecular formula is C34H69N3Ti. The zero-order valence-electron chi connectivity index (χ0n) is 30.3. The summed E-state index contributed by atoms with van der Waals surface area (Å²) in [6.07, 6.45) is 0. The second kappa shape index (κ2) is 14.8. The van der Waals surface area contributed by atoms with Crippen LogP contribution in [0.25, 0.3) is 16.0 Å². The molecule has 0 aromatic rings. The van der Waals surface area contributed by atoms with Gasteiger partial charge in [0.25, 0.3) is 0 Å². The van der Waals surface area contributed by atoms with Crippen molar-refractivity contribution in [2.45, 2.75) is 192 Å². The molecule has 0 saturated heterocycles. The molecule has 0 atom stereocenters. The molecule has 0 heterocycles. The van der Waals surface area contributed by atoms with Gasteiger partial charge in [0.15, 0.2) is 0 Å². The Bertz CT molecular complexity index is 634. The van der Waals surface area contributed by atoms with E-state index >= 15 is 0 Å². The Morgan fingerprint density at radius 3 is 0.632 bits per heavy atom. The maximum atomic E-state index is 4.54. The van der Waals surface area contributed by atoms with Crippen molar-refractivity contribution in [3.63, 3.8) is 0 Å². The zero-order chi connectivity index (χ0) is 31.9. The van der Waals surface area contributed by atoms with E-state index in [2.05, 4.69) is 196 Å². The van der Waals surface area contributed by atoms with Crippen molar-refractivity contribution in [2.75, 3.05) is 0 Å². The average Bonchev–Trinajstić information content (AvgIpc) is 2.61. The van der Waals surface area contributed by atoms with Crippen LogP contribution in [0.4, 0.5) is 0 Å². The number of allylic oxidation sites excluding steroid dienone is 4. The second-order valence-corrected chi connectivity index (χ2v) is 18.0. The van der Waals surface area contributed by atoms with Gasteiger partial charge in [0.2, 0.25) is 0 Å². The van der Waals surface area contributed by atoms with E-state index in [1.165, 1.54) is 20.6 Å². The Hall–Kier alpha value is 0.0743. The molecule has 0 aromatic heterocycles. The Morgan fingerprint density at radius 1 is 0.421 bits per heavy atom. The van der Waals surface area contributed by atoms with Crippen molar-refractivity contribution in [1.29, 1.82) is 0 Å². The van der Waals surface area contributed by atoms with E-state index < -0.39 is 0 Å².